The SMILES string of the molecule is CC/C(=C\CC(C)O)c1ccncc1[N+](=O)[O-]. The van der Waals surface area contributed by atoms with Crippen molar-refractivity contribution >= 4 is 11.3 Å². The van der Waals surface area contributed by atoms with E-state index in [1.54, 1.807) is 13.0 Å². The summed E-state index contributed by atoms with van der Waals surface area (Å²) in [5.74, 6) is 0. The standard InChI is InChI=1S/C12H16N2O3/c1-3-10(5-4-9(2)15)11-6-7-13-8-12(11)14(16)17/h5-9,15H,3-4H2,1-2H3/b10-5+. The van der Waals surface area contributed by atoms with Crippen molar-refractivity contribution in [3.05, 3.63) is 40.2 Å². The Morgan fingerprint density at radius 2 is 2.41 bits per heavy atom. The number of aliphatic hydroxyl groups is 1. The van der Waals surface area contributed by atoms with E-state index in [0.29, 0.717) is 18.4 Å². The fraction of sp³-hybridized carbons (Fsp3) is 0.417. The molecule has 17 heavy (non-hydrogen) atoms. The van der Waals surface area contributed by atoms with Gasteiger partial charge in [-0.25, -0.2) is 0 Å². The topological polar surface area (TPSA) is 76.3 Å². The predicted octanol–water partition coefficient (Wildman–Crippen LogP) is 2.55. The number of nitro groups is 1. The Morgan fingerprint density at radius 1 is 1.71 bits per heavy atom. The van der Waals surface area contributed by atoms with Crippen LogP contribution in [-0.4, -0.2) is 21.1 Å². The molecule has 0 radical (unpaired) electrons. The predicted molar refractivity (Wildman–Crippen MR) is 65.5 cm³/mol. The van der Waals surface area contributed by atoms with Crippen molar-refractivity contribution in [3.8, 4) is 0 Å². The van der Waals surface area contributed by atoms with Gasteiger partial charge in [0.05, 0.1) is 16.6 Å². The molecular formula is C12H16N2O3. The molecule has 0 spiro atoms. The first kappa shape index (κ1) is 13.3. The van der Waals surface area contributed by atoms with E-state index in [2.05, 4.69) is 4.98 Å². The molecule has 0 aliphatic carbocycles. The summed E-state index contributed by atoms with van der Waals surface area (Å²) in [7, 11) is 0. The smallest absolute Gasteiger partial charge is 0.294 e. The molecule has 0 saturated carbocycles. The van der Waals surface area contributed by atoms with E-state index in [1.165, 1.54) is 12.4 Å². The molecule has 5 nitrogen and oxygen atoms in total. The third kappa shape index (κ3) is 3.64. The second-order valence-electron chi connectivity index (χ2n) is 3.82. The minimum absolute atomic E-state index is 0.00573. The van der Waals surface area contributed by atoms with Gasteiger partial charge < -0.3 is 5.11 Å². The Bertz CT molecular complexity index is 428. The van der Waals surface area contributed by atoms with Crippen molar-refractivity contribution < 1.29 is 10.0 Å². The highest BCUT2D eigenvalue weighted by molar-refractivity contribution is 5.72. The Morgan fingerprint density at radius 3 is 2.94 bits per heavy atom. The maximum atomic E-state index is 10.9. The molecule has 1 N–H and O–H groups in total. The number of allylic oxidation sites excluding steroid dienone is 1. The van der Waals surface area contributed by atoms with Gasteiger partial charge in [0, 0.05) is 6.20 Å². The van der Waals surface area contributed by atoms with Gasteiger partial charge in [-0.1, -0.05) is 13.0 Å². The van der Waals surface area contributed by atoms with E-state index in [1.807, 2.05) is 13.0 Å². The average molecular weight is 236 g/mol. The van der Waals surface area contributed by atoms with Crippen LogP contribution < -0.4 is 0 Å². The number of hydrogen-bond donors (Lipinski definition) is 1. The number of nitrogens with zero attached hydrogens (tertiary/aromatic N) is 2. The molecule has 0 amide bonds. The van der Waals surface area contributed by atoms with Gasteiger partial charge in [-0.15, -0.1) is 0 Å². The van der Waals surface area contributed by atoms with E-state index < -0.39 is 11.0 Å². The maximum Gasteiger partial charge on any atom is 0.294 e. The molecule has 0 saturated heterocycles. The summed E-state index contributed by atoms with van der Waals surface area (Å²) in [6.45, 7) is 3.61. The minimum atomic E-state index is -0.447. The highest BCUT2D eigenvalue weighted by Crippen LogP contribution is 2.27. The summed E-state index contributed by atoms with van der Waals surface area (Å²) in [5, 5.41) is 20.1. The van der Waals surface area contributed by atoms with Gasteiger partial charge >= 0.3 is 0 Å². The van der Waals surface area contributed by atoms with Gasteiger partial charge in [0.1, 0.15) is 6.20 Å². The van der Waals surface area contributed by atoms with Gasteiger partial charge in [0.2, 0.25) is 0 Å². The number of hydrogen-bond acceptors (Lipinski definition) is 4. The largest absolute Gasteiger partial charge is 0.393 e. The van der Waals surface area contributed by atoms with Crippen LogP contribution in [0, 0.1) is 10.1 Å². The average Bonchev–Trinajstić information content (AvgIpc) is 2.30. The molecule has 0 aliphatic rings. The summed E-state index contributed by atoms with van der Waals surface area (Å²) in [6.07, 6.45) is 5.35. The van der Waals surface area contributed by atoms with Gasteiger partial charge in [-0.05, 0) is 31.4 Å². The van der Waals surface area contributed by atoms with Gasteiger partial charge in [-0.3, -0.25) is 15.1 Å². The lowest BCUT2D eigenvalue weighted by atomic mass is 10.0. The third-order valence-corrected chi connectivity index (χ3v) is 2.43. The molecule has 1 atom stereocenters. The van der Waals surface area contributed by atoms with Crippen LogP contribution in [0.2, 0.25) is 0 Å². The fourth-order valence-corrected chi connectivity index (χ4v) is 1.56. The molecule has 1 rings (SSSR count). The normalized spacial score (nSPS) is 13.5. The summed E-state index contributed by atoms with van der Waals surface area (Å²) < 4.78 is 0. The zero-order valence-electron chi connectivity index (χ0n) is 9.96. The lowest BCUT2D eigenvalue weighted by molar-refractivity contribution is -0.385. The van der Waals surface area contributed by atoms with Crippen LogP contribution in [0.3, 0.4) is 0 Å². The molecular weight excluding hydrogens is 220 g/mol. The van der Waals surface area contributed by atoms with Gasteiger partial charge in [-0.2, -0.15) is 0 Å². The first-order valence-electron chi connectivity index (χ1n) is 5.52. The monoisotopic (exact) mass is 236 g/mol. The lowest BCUT2D eigenvalue weighted by Crippen LogP contribution is -1.99. The van der Waals surface area contributed by atoms with E-state index in [9.17, 15) is 15.2 Å². The van der Waals surface area contributed by atoms with Gasteiger partial charge in [0.25, 0.3) is 5.69 Å². The van der Waals surface area contributed by atoms with Crippen LogP contribution >= 0.6 is 0 Å². The number of rotatable bonds is 5. The lowest BCUT2D eigenvalue weighted by Gasteiger charge is -2.06. The highest BCUT2D eigenvalue weighted by Gasteiger charge is 2.15. The van der Waals surface area contributed by atoms with Gasteiger partial charge in [0.15, 0.2) is 0 Å². The van der Waals surface area contributed by atoms with Crippen molar-refractivity contribution in [1.82, 2.24) is 4.98 Å². The summed E-state index contributed by atoms with van der Waals surface area (Å²) in [5.41, 5.74) is 1.44. The Balaban J connectivity index is 3.11. The van der Waals surface area contributed by atoms with Crippen LogP contribution in [0.5, 0.6) is 0 Å². The van der Waals surface area contributed by atoms with Crippen molar-refractivity contribution in [1.29, 1.82) is 0 Å². The number of aromatic nitrogens is 1. The fourth-order valence-electron chi connectivity index (χ4n) is 1.56. The van der Waals surface area contributed by atoms with E-state index in [4.69, 9.17) is 0 Å². The van der Waals surface area contributed by atoms with E-state index in [0.717, 1.165) is 5.57 Å². The van der Waals surface area contributed by atoms with Crippen LogP contribution in [0.4, 0.5) is 5.69 Å². The summed E-state index contributed by atoms with van der Waals surface area (Å²) >= 11 is 0. The Hall–Kier alpha value is -1.75. The van der Waals surface area contributed by atoms with Crippen LogP contribution in [0.15, 0.2) is 24.5 Å². The molecule has 0 fully saturated rings. The molecule has 0 aliphatic heterocycles. The molecule has 1 heterocycles. The molecule has 1 unspecified atom stereocenters. The second kappa shape index (κ2) is 6.10. The Kier molecular flexibility index (Phi) is 4.78. The Labute approximate surface area is 100.0 Å². The summed E-state index contributed by atoms with van der Waals surface area (Å²) in [6, 6.07) is 1.63. The minimum Gasteiger partial charge on any atom is -0.393 e. The summed E-state index contributed by atoms with van der Waals surface area (Å²) in [4.78, 5) is 14.2. The van der Waals surface area contributed by atoms with Crippen LogP contribution in [-0.2, 0) is 0 Å². The molecule has 1 aromatic rings. The number of aliphatic hydroxyl groups excluding tert-OH is 1. The van der Waals surface area contributed by atoms with E-state index >= 15 is 0 Å². The second-order valence-corrected chi connectivity index (χ2v) is 3.82. The zero-order chi connectivity index (χ0) is 12.8. The van der Waals surface area contributed by atoms with Crippen molar-refractivity contribution in [2.24, 2.45) is 0 Å². The van der Waals surface area contributed by atoms with E-state index in [-0.39, 0.29) is 5.69 Å². The molecule has 0 aromatic carbocycles. The molecule has 92 valence electrons. The quantitative estimate of drug-likeness (QED) is 0.629. The number of pyridine rings is 1. The highest BCUT2D eigenvalue weighted by atomic mass is 16.6. The molecule has 0 bridgehead atoms. The third-order valence-electron chi connectivity index (χ3n) is 2.43. The van der Waals surface area contributed by atoms with Crippen LogP contribution in [0.1, 0.15) is 32.3 Å². The van der Waals surface area contributed by atoms with Crippen molar-refractivity contribution in [2.45, 2.75) is 32.8 Å². The first-order valence-corrected chi connectivity index (χ1v) is 5.52. The zero-order valence-corrected chi connectivity index (χ0v) is 9.96. The molecule has 5 heteroatoms. The van der Waals surface area contributed by atoms with Crippen molar-refractivity contribution in [3.63, 3.8) is 0 Å². The maximum absolute atomic E-state index is 10.9. The van der Waals surface area contributed by atoms with Crippen molar-refractivity contribution in [2.75, 3.05) is 0 Å². The van der Waals surface area contributed by atoms with Crippen LogP contribution in [0.25, 0.3) is 5.57 Å². The molecule has 1 aromatic heterocycles. The first-order chi connectivity index (χ1) is 8.06.